The van der Waals surface area contributed by atoms with Gasteiger partial charge in [0.05, 0.1) is 0 Å². The Labute approximate surface area is 139 Å². The molecule has 2 aromatic rings. The molecule has 0 bridgehead atoms. The first-order valence-electron chi connectivity index (χ1n) is 7.67. The summed E-state index contributed by atoms with van der Waals surface area (Å²) in [5.74, 6) is 0. The SMILES string of the molecule is Cc1cccc(NC(=S)N(Cc2ccccc2)C(C)C)c1C. The van der Waals surface area contributed by atoms with Crippen LogP contribution in [0.2, 0.25) is 0 Å². The van der Waals surface area contributed by atoms with Crippen LogP contribution in [-0.4, -0.2) is 16.1 Å². The third kappa shape index (κ3) is 4.08. The standard InChI is InChI=1S/C19H24N2S/c1-14(2)21(13-17-10-6-5-7-11-17)19(22)20-18-12-8-9-15(3)16(18)4/h5-12,14H,13H2,1-4H3,(H,20,22). The fourth-order valence-electron chi connectivity index (χ4n) is 2.34. The van der Waals surface area contributed by atoms with Gasteiger partial charge in [-0.05, 0) is 62.7 Å². The van der Waals surface area contributed by atoms with Gasteiger partial charge in [-0.3, -0.25) is 0 Å². The number of aryl methyl sites for hydroxylation is 1. The van der Waals surface area contributed by atoms with Crippen LogP contribution >= 0.6 is 12.2 Å². The molecule has 2 nitrogen and oxygen atoms in total. The summed E-state index contributed by atoms with van der Waals surface area (Å²) in [6, 6.07) is 17.0. The number of rotatable bonds is 4. The van der Waals surface area contributed by atoms with Gasteiger partial charge in [-0.15, -0.1) is 0 Å². The van der Waals surface area contributed by atoms with E-state index >= 15 is 0 Å². The van der Waals surface area contributed by atoms with E-state index in [-0.39, 0.29) is 0 Å². The first-order chi connectivity index (χ1) is 10.5. The highest BCUT2D eigenvalue weighted by Gasteiger charge is 2.15. The van der Waals surface area contributed by atoms with Crippen molar-refractivity contribution in [3.05, 3.63) is 65.2 Å². The molecule has 0 aliphatic carbocycles. The van der Waals surface area contributed by atoms with Crippen molar-refractivity contribution in [3.63, 3.8) is 0 Å². The Morgan fingerprint density at radius 3 is 2.36 bits per heavy atom. The van der Waals surface area contributed by atoms with E-state index in [1.807, 2.05) is 6.07 Å². The molecule has 0 fully saturated rings. The van der Waals surface area contributed by atoms with Gasteiger partial charge in [0.15, 0.2) is 5.11 Å². The number of hydrogen-bond donors (Lipinski definition) is 1. The van der Waals surface area contributed by atoms with E-state index in [9.17, 15) is 0 Å². The monoisotopic (exact) mass is 312 g/mol. The minimum atomic E-state index is 0.338. The lowest BCUT2D eigenvalue weighted by Crippen LogP contribution is -2.39. The zero-order valence-corrected chi connectivity index (χ0v) is 14.6. The highest BCUT2D eigenvalue weighted by Crippen LogP contribution is 2.19. The molecule has 2 rings (SSSR count). The fraction of sp³-hybridized carbons (Fsp3) is 0.316. The molecule has 0 heterocycles. The molecule has 0 atom stereocenters. The molecule has 0 saturated carbocycles. The lowest BCUT2D eigenvalue weighted by atomic mass is 10.1. The Kier molecular flexibility index (Phi) is 5.56. The van der Waals surface area contributed by atoms with Crippen molar-refractivity contribution >= 4 is 23.0 Å². The lowest BCUT2D eigenvalue weighted by Gasteiger charge is -2.30. The summed E-state index contributed by atoms with van der Waals surface area (Å²) < 4.78 is 0. The summed E-state index contributed by atoms with van der Waals surface area (Å²) in [5, 5.41) is 4.18. The Bertz CT molecular complexity index is 635. The van der Waals surface area contributed by atoms with Crippen molar-refractivity contribution in [2.24, 2.45) is 0 Å². The minimum absolute atomic E-state index is 0.338. The Morgan fingerprint density at radius 2 is 1.73 bits per heavy atom. The molecule has 3 heteroatoms. The molecule has 22 heavy (non-hydrogen) atoms. The van der Waals surface area contributed by atoms with E-state index in [2.05, 4.69) is 80.4 Å². The van der Waals surface area contributed by atoms with Gasteiger partial charge in [0, 0.05) is 18.3 Å². The van der Waals surface area contributed by atoms with Crippen LogP contribution < -0.4 is 5.32 Å². The van der Waals surface area contributed by atoms with Gasteiger partial charge < -0.3 is 10.2 Å². The molecule has 0 aliphatic heterocycles. The fourth-order valence-corrected chi connectivity index (χ4v) is 2.73. The summed E-state index contributed by atoms with van der Waals surface area (Å²) in [6.45, 7) is 9.39. The zero-order chi connectivity index (χ0) is 16.1. The van der Waals surface area contributed by atoms with Gasteiger partial charge in [-0.1, -0.05) is 42.5 Å². The maximum atomic E-state index is 5.65. The normalized spacial score (nSPS) is 10.6. The summed E-state index contributed by atoms with van der Waals surface area (Å²) in [4.78, 5) is 2.21. The second kappa shape index (κ2) is 7.41. The maximum absolute atomic E-state index is 5.65. The summed E-state index contributed by atoms with van der Waals surface area (Å²) in [7, 11) is 0. The summed E-state index contributed by atoms with van der Waals surface area (Å²) in [6.07, 6.45) is 0. The van der Waals surface area contributed by atoms with E-state index in [0.29, 0.717) is 6.04 Å². The number of benzene rings is 2. The Balaban J connectivity index is 2.15. The number of anilines is 1. The third-order valence-electron chi connectivity index (χ3n) is 3.93. The molecule has 1 N–H and O–H groups in total. The van der Waals surface area contributed by atoms with Crippen LogP contribution in [-0.2, 0) is 6.54 Å². The second-order valence-corrected chi connectivity index (χ2v) is 6.27. The van der Waals surface area contributed by atoms with Gasteiger partial charge in [0.1, 0.15) is 0 Å². The van der Waals surface area contributed by atoms with Crippen LogP contribution in [0.3, 0.4) is 0 Å². The summed E-state index contributed by atoms with van der Waals surface area (Å²) in [5.41, 5.74) is 4.87. The zero-order valence-electron chi connectivity index (χ0n) is 13.8. The van der Waals surface area contributed by atoms with Crippen LogP contribution in [0.15, 0.2) is 48.5 Å². The second-order valence-electron chi connectivity index (χ2n) is 5.88. The topological polar surface area (TPSA) is 15.3 Å². The predicted molar refractivity (Wildman–Crippen MR) is 99.3 cm³/mol. The van der Waals surface area contributed by atoms with Gasteiger partial charge in [0.25, 0.3) is 0 Å². The number of nitrogens with zero attached hydrogens (tertiary/aromatic N) is 1. The predicted octanol–water partition coefficient (Wildman–Crippen LogP) is 4.91. The first kappa shape index (κ1) is 16.5. The van der Waals surface area contributed by atoms with Gasteiger partial charge in [0.2, 0.25) is 0 Å². The van der Waals surface area contributed by atoms with Crippen molar-refractivity contribution in [2.75, 3.05) is 5.32 Å². The van der Waals surface area contributed by atoms with E-state index in [0.717, 1.165) is 17.3 Å². The number of hydrogen-bond acceptors (Lipinski definition) is 1. The largest absolute Gasteiger partial charge is 0.342 e. The lowest BCUT2D eigenvalue weighted by molar-refractivity contribution is 0.348. The van der Waals surface area contributed by atoms with Crippen LogP contribution in [0.25, 0.3) is 0 Å². The highest BCUT2D eigenvalue weighted by molar-refractivity contribution is 7.80. The molecular formula is C19H24N2S. The number of nitrogens with one attached hydrogen (secondary N) is 1. The van der Waals surface area contributed by atoms with Crippen LogP contribution in [0.5, 0.6) is 0 Å². The van der Waals surface area contributed by atoms with Gasteiger partial charge >= 0.3 is 0 Å². The van der Waals surface area contributed by atoms with Crippen LogP contribution in [0, 0.1) is 13.8 Å². The molecule has 0 spiro atoms. The van der Waals surface area contributed by atoms with Gasteiger partial charge in [-0.25, -0.2) is 0 Å². The number of thiocarbonyl (C=S) groups is 1. The van der Waals surface area contributed by atoms with Crippen molar-refractivity contribution in [3.8, 4) is 0 Å². The van der Waals surface area contributed by atoms with E-state index in [1.165, 1.54) is 16.7 Å². The average molecular weight is 312 g/mol. The Hall–Kier alpha value is -1.87. The van der Waals surface area contributed by atoms with Crippen LogP contribution in [0.4, 0.5) is 5.69 Å². The van der Waals surface area contributed by atoms with E-state index in [1.54, 1.807) is 0 Å². The maximum Gasteiger partial charge on any atom is 0.173 e. The molecular weight excluding hydrogens is 288 g/mol. The van der Waals surface area contributed by atoms with Gasteiger partial charge in [-0.2, -0.15) is 0 Å². The molecule has 0 saturated heterocycles. The van der Waals surface area contributed by atoms with Crippen molar-refractivity contribution in [2.45, 2.75) is 40.3 Å². The van der Waals surface area contributed by atoms with E-state index < -0.39 is 0 Å². The first-order valence-corrected chi connectivity index (χ1v) is 8.07. The molecule has 0 amide bonds. The minimum Gasteiger partial charge on any atom is -0.342 e. The van der Waals surface area contributed by atoms with Crippen LogP contribution in [0.1, 0.15) is 30.5 Å². The van der Waals surface area contributed by atoms with Crippen molar-refractivity contribution < 1.29 is 0 Å². The van der Waals surface area contributed by atoms with Crippen molar-refractivity contribution in [1.82, 2.24) is 4.90 Å². The molecule has 116 valence electrons. The van der Waals surface area contributed by atoms with E-state index in [4.69, 9.17) is 12.2 Å². The highest BCUT2D eigenvalue weighted by atomic mass is 32.1. The van der Waals surface area contributed by atoms with Crippen molar-refractivity contribution in [1.29, 1.82) is 0 Å². The Morgan fingerprint density at radius 1 is 1.05 bits per heavy atom. The average Bonchev–Trinajstić information content (AvgIpc) is 2.50. The molecule has 0 unspecified atom stereocenters. The molecule has 0 aromatic heterocycles. The summed E-state index contributed by atoms with van der Waals surface area (Å²) >= 11 is 5.65. The quantitative estimate of drug-likeness (QED) is 0.807. The third-order valence-corrected chi connectivity index (χ3v) is 4.26. The molecule has 0 aliphatic rings. The smallest absolute Gasteiger partial charge is 0.173 e. The molecule has 0 radical (unpaired) electrons. The molecule has 2 aromatic carbocycles.